The molecule has 26 nitrogen and oxygen atoms in total. The lowest BCUT2D eigenvalue weighted by Gasteiger charge is -2.58. The Hall–Kier alpha value is -8.24. The number of H-pyrrole nitrogens is 1. The second-order valence-corrected chi connectivity index (χ2v) is 18.3. The van der Waals surface area contributed by atoms with Gasteiger partial charge in [-0.25, -0.2) is 34.0 Å². The van der Waals surface area contributed by atoms with Crippen LogP contribution in [0.15, 0.2) is 87.0 Å². The van der Waals surface area contributed by atoms with E-state index in [-0.39, 0.29) is 77.2 Å². The average Bonchev–Trinajstić information content (AvgIpc) is 3.55. The third kappa shape index (κ3) is 10.7. The van der Waals surface area contributed by atoms with E-state index in [1.54, 1.807) is 36.4 Å². The van der Waals surface area contributed by atoms with Crippen LogP contribution < -0.4 is 38.7 Å². The van der Waals surface area contributed by atoms with Crippen molar-refractivity contribution in [3.8, 4) is 0 Å². The molecule has 0 bridgehead atoms. The minimum Gasteiger partial charge on any atom is -0.480 e. The molecule has 28 heteroatoms. The van der Waals surface area contributed by atoms with Crippen LogP contribution >= 0.6 is 21.6 Å². The molecule has 1 aliphatic carbocycles. The molecule has 4 aromatic rings. The summed E-state index contributed by atoms with van der Waals surface area (Å²) in [5.41, 5.74) is 17.5. The highest BCUT2D eigenvalue weighted by Gasteiger charge is 2.69. The number of aliphatic carboxylic acids is 2. The van der Waals surface area contributed by atoms with Crippen LogP contribution in [0.3, 0.4) is 0 Å². The van der Waals surface area contributed by atoms with Gasteiger partial charge in [0, 0.05) is 46.6 Å². The van der Waals surface area contributed by atoms with Crippen LogP contribution in [0.1, 0.15) is 41.4 Å². The number of fused-ring (bicyclic) bond motifs is 3. The molecule has 4 amide bonds. The Morgan fingerprint density at radius 1 is 0.944 bits per heavy atom. The van der Waals surface area contributed by atoms with Gasteiger partial charge in [0.2, 0.25) is 29.3 Å². The number of anilines is 2. The minimum absolute atomic E-state index is 0.0102. The van der Waals surface area contributed by atoms with Gasteiger partial charge in [0.05, 0.1) is 35.7 Å². The lowest BCUT2D eigenvalue weighted by Crippen LogP contribution is -2.77. The van der Waals surface area contributed by atoms with Crippen LogP contribution in [0.25, 0.3) is 11.2 Å². The van der Waals surface area contributed by atoms with Crippen molar-refractivity contribution in [3.05, 3.63) is 104 Å². The number of amides is 4. The molecule has 1 saturated heterocycles. The van der Waals surface area contributed by atoms with Crippen LogP contribution in [-0.2, 0) is 51.3 Å². The van der Waals surface area contributed by atoms with Crippen molar-refractivity contribution >= 4 is 91.9 Å². The first-order valence-electron chi connectivity index (χ1n) is 21.1. The number of primary amides is 1. The number of hydrogen-bond donors (Lipinski definition) is 9. The Morgan fingerprint density at radius 2 is 1.65 bits per heavy atom. The summed E-state index contributed by atoms with van der Waals surface area (Å²) in [4.78, 5) is 131. The van der Waals surface area contributed by atoms with Crippen molar-refractivity contribution < 1.29 is 62.8 Å². The lowest BCUT2D eigenvalue weighted by atomic mass is 9.85. The topological polar surface area (TPSA) is 397 Å². The highest BCUT2D eigenvalue weighted by atomic mass is 33.1. The first kappa shape index (κ1) is 50.6. The number of ketones is 2. The summed E-state index contributed by atoms with van der Waals surface area (Å²) in [5.74, 6) is -8.56. The molecule has 0 spiro atoms. The Bertz CT molecular complexity index is 2970. The Morgan fingerprint density at radius 3 is 2.31 bits per heavy atom. The van der Waals surface area contributed by atoms with E-state index < -0.39 is 89.9 Å². The number of nitrogen functional groups attached to an aromatic ring is 1. The molecular formula is C43H44N12O14S2. The number of carboxylic acids is 2. The number of nitrogens with one attached hydrogen (secondary N) is 4. The van der Waals surface area contributed by atoms with E-state index in [4.69, 9.17) is 31.4 Å². The van der Waals surface area contributed by atoms with E-state index in [1.165, 1.54) is 48.1 Å². The minimum atomic E-state index is -1.77. The Kier molecular flexibility index (Phi) is 15.1. The second-order valence-electron chi connectivity index (χ2n) is 15.8. The molecule has 12 N–H and O–H groups in total. The van der Waals surface area contributed by atoms with E-state index in [0.29, 0.717) is 21.8 Å². The van der Waals surface area contributed by atoms with Gasteiger partial charge in [-0.2, -0.15) is 4.98 Å². The van der Waals surface area contributed by atoms with Crippen molar-refractivity contribution in [3.63, 3.8) is 0 Å². The third-order valence-corrected chi connectivity index (χ3v) is 13.8. The summed E-state index contributed by atoms with van der Waals surface area (Å²) in [5, 5.41) is 27.4. The van der Waals surface area contributed by atoms with E-state index in [1.807, 2.05) is 0 Å². The lowest BCUT2D eigenvalue weighted by molar-refractivity contribution is -0.309. The molecule has 0 saturated carbocycles. The van der Waals surface area contributed by atoms with E-state index >= 15 is 0 Å². The molecular weight excluding hydrogens is 973 g/mol. The zero-order valence-corrected chi connectivity index (χ0v) is 39.1. The number of carbonyl (C=O) groups is 8. The molecule has 0 unspecified atom stereocenters. The zero-order valence-electron chi connectivity index (χ0n) is 37.5. The predicted octanol–water partition coefficient (Wildman–Crippen LogP) is 0.756. The summed E-state index contributed by atoms with van der Waals surface area (Å²) in [6.07, 6.45) is -1.37. The van der Waals surface area contributed by atoms with Gasteiger partial charge in [-0.15, -0.1) is 0 Å². The van der Waals surface area contributed by atoms with Crippen LogP contribution in [0, 0.1) is 5.92 Å². The van der Waals surface area contributed by atoms with Crippen molar-refractivity contribution in [1.29, 1.82) is 0 Å². The highest BCUT2D eigenvalue weighted by molar-refractivity contribution is 8.76. The zero-order chi connectivity index (χ0) is 51.3. The molecule has 4 heterocycles. The summed E-state index contributed by atoms with van der Waals surface area (Å²) >= 11 is 0. The molecule has 71 heavy (non-hydrogen) atoms. The second kappa shape index (κ2) is 21.2. The maximum Gasteiger partial charge on any atom is 0.415 e. The van der Waals surface area contributed by atoms with Crippen LogP contribution in [0.5, 0.6) is 0 Å². The van der Waals surface area contributed by atoms with Crippen LogP contribution in [-0.4, -0.2) is 132 Å². The number of aromatic nitrogens is 4. The van der Waals surface area contributed by atoms with Crippen molar-refractivity contribution in [2.24, 2.45) is 17.4 Å². The van der Waals surface area contributed by atoms with Crippen LogP contribution in [0.2, 0.25) is 0 Å². The fraction of sp³-hybridized carbons (Fsp3) is 0.302. The maximum absolute atomic E-state index is 13.5. The number of nitrogens with two attached hydrogens (primary N) is 3. The molecule has 7 rings (SSSR count). The van der Waals surface area contributed by atoms with Gasteiger partial charge in [-0.1, -0.05) is 33.7 Å². The molecule has 1 fully saturated rings. The number of nitrogens with zero attached hydrogens (tertiary/aromatic N) is 5. The summed E-state index contributed by atoms with van der Waals surface area (Å²) < 4.78 is 16.4. The van der Waals surface area contributed by atoms with Crippen molar-refractivity contribution in [1.82, 2.24) is 40.4 Å². The SMILES string of the molecule is CO[C@@]12[C@H](COC(N)=O)C3=C(C(=O)C(C)=C(N)C3=O)N1CN2C(=O)OCc1ccc(SSC[C@H](NC(=O)CC[C@H](NC(=O)c2ccc(NCc3cnc4nc(N)[nH]c(=O)c4n3)cc2)C(=O)O)C(=O)O)cc1. The predicted molar refractivity (Wildman–Crippen MR) is 250 cm³/mol. The molecule has 372 valence electrons. The van der Waals surface area contributed by atoms with Gasteiger partial charge >= 0.3 is 24.1 Å². The molecule has 3 aliphatic rings. The fourth-order valence-electron chi connectivity index (χ4n) is 7.79. The summed E-state index contributed by atoms with van der Waals surface area (Å²) in [6, 6.07) is 9.89. The number of Topliss-reactive ketones (excluding diaryl/α,β-unsaturated/α-hetero) is 2. The van der Waals surface area contributed by atoms with Gasteiger partial charge < -0.3 is 62.5 Å². The van der Waals surface area contributed by atoms with Gasteiger partial charge in [0.1, 0.15) is 32.0 Å². The van der Waals surface area contributed by atoms with Gasteiger partial charge in [0.15, 0.2) is 11.2 Å². The maximum atomic E-state index is 13.5. The van der Waals surface area contributed by atoms with Crippen molar-refractivity contribution in [2.45, 2.75) is 55.7 Å². The van der Waals surface area contributed by atoms with Gasteiger partial charge in [0.25, 0.3) is 11.5 Å². The first-order valence-corrected chi connectivity index (χ1v) is 23.4. The Labute approximate surface area is 408 Å². The molecule has 2 aromatic heterocycles. The van der Waals surface area contributed by atoms with E-state index in [2.05, 4.69) is 35.9 Å². The standard InChI is InChI=1S/C43H44N12O14S2/c1-19-30(44)34(58)29-25(16-68-41(46)65)43(67-2)54(32(29)33(19)57)18-55(43)42(66)69-15-20-3-9-24(10-4-20)71-70-17-27(39(63)64)50-28(56)12-11-26(38(61)62)51-36(59)21-5-7-22(8-6-21)47-13-23-14-48-35-31(49-23)37(60)53-40(45)52-35/h3-10,14,25-27,47H,11-13,15-18,44H2,1-2H3,(H2,46,65)(H,50,56)(H,51,59)(H,61,62)(H,63,64)(H3,45,48,52,53,60)/t25-,26+,27+,43+/m1/s1. The van der Waals surface area contributed by atoms with Crippen LogP contribution in [0.4, 0.5) is 21.2 Å². The monoisotopic (exact) mass is 1020 g/mol. The fourth-order valence-corrected chi connectivity index (χ4v) is 9.96. The number of carboxylic acid groups (broad SMARTS) is 2. The Balaban J connectivity index is 0.846. The normalized spacial score (nSPS) is 18.0. The smallest absolute Gasteiger partial charge is 0.415 e. The largest absolute Gasteiger partial charge is 0.480 e. The number of hydrogen-bond acceptors (Lipinski definition) is 21. The molecule has 0 radical (unpaired) electrons. The number of benzene rings is 2. The number of rotatable bonds is 20. The number of aromatic amines is 1. The van der Waals surface area contributed by atoms with E-state index in [0.717, 1.165) is 15.7 Å². The summed E-state index contributed by atoms with van der Waals surface area (Å²) in [6.45, 7) is 0.616. The quantitative estimate of drug-likeness (QED) is 0.0436. The highest BCUT2D eigenvalue weighted by Crippen LogP contribution is 2.54. The van der Waals surface area contributed by atoms with Gasteiger partial charge in [-0.3, -0.25) is 29.0 Å². The van der Waals surface area contributed by atoms with Crippen molar-refractivity contribution in [2.75, 3.05) is 37.2 Å². The first-order chi connectivity index (χ1) is 33.8. The molecule has 2 aromatic carbocycles. The third-order valence-electron chi connectivity index (χ3n) is 11.4. The molecule has 2 aliphatic heterocycles. The average molecular weight is 1020 g/mol. The summed E-state index contributed by atoms with van der Waals surface area (Å²) in [7, 11) is 3.57. The number of methoxy groups -OCH3 is 1. The number of allylic oxidation sites excluding steroid dienone is 2. The number of ether oxygens (including phenoxy) is 3. The van der Waals surface area contributed by atoms with Gasteiger partial charge in [-0.05, 0) is 55.3 Å². The number of carbonyl (C=O) groups excluding carboxylic acids is 6. The molecule has 4 atom stereocenters. The van der Waals surface area contributed by atoms with E-state index in [9.17, 15) is 53.4 Å².